The van der Waals surface area contributed by atoms with Crippen LogP contribution in [0.3, 0.4) is 0 Å². The molecule has 1 aromatic rings. The molecule has 2 rings (SSSR count). The van der Waals surface area contributed by atoms with Crippen molar-refractivity contribution in [1.29, 1.82) is 0 Å². The summed E-state index contributed by atoms with van der Waals surface area (Å²) in [4.78, 5) is 12.2. The van der Waals surface area contributed by atoms with Crippen LogP contribution in [-0.2, 0) is 16.0 Å². The summed E-state index contributed by atoms with van der Waals surface area (Å²) in [6.07, 6.45) is 2.56. The van der Waals surface area contributed by atoms with Crippen LogP contribution in [0.25, 0.3) is 0 Å². The van der Waals surface area contributed by atoms with Gasteiger partial charge < -0.3 is 4.74 Å². The van der Waals surface area contributed by atoms with E-state index in [-0.39, 0.29) is 11.9 Å². The Balaban J connectivity index is 1.99. The molecule has 92 valence electrons. The molecule has 1 saturated carbocycles. The maximum absolute atomic E-state index is 12.2. The molecule has 0 spiro atoms. The standard InChI is InChI=1S/C14H17BrO2/c1-2-17-14(11-6-7-11)13(16)9-10-4-3-5-12(15)8-10/h3-5,8,11,14H,2,6-7,9H2,1H3. The molecule has 0 amide bonds. The predicted molar refractivity (Wildman–Crippen MR) is 71.0 cm³/mol. The number of benzene rings is 1. The molecule has 0 N–H and O–H groups in total. The summed E-state index contributed by atoms with van der Waals surface area (Å²) in [5.74, 6) is 0.682. The second-order valence-electron chi connectivity index (χ2n) is 4.49. The number of Topliss-reactive ketones (excluding diaryl/α,β-unsaturated/α-hetero) is 1. The number of ketones is 1. The van der Waals surface area contributed by atoms with Crippen LogP contribution in [0.15, 0.2) is 28.7 Å². The Hall–Kier alpha value is -0.670. The molecule has 3 heteroatoms. The molecule has 1 fully saturated rings. The fraction of sp³-hybridized carbons (Fsp3) is 0.500. The molecule has 17 heavy (non-hydrogen) atoms. The van der Waals surface area contributed by atoms with E-state index in [4.69, 9.17) is 4.74 Å². The first-order valence-corrected chi connectivity index (χ1v) is 6.88. The van der Waals surface area contributed by atoms with Crippen molar-refractivity contribution in [3.63, 3.8) is 0 Å². The van der Waals surface area contributed by atoms with E-state index in [0.29, 0.717) is 18.9 Å². The molecular weight excluding hydrogens is 280 g/mol. The maximum atomic E-state index is 12.2. The van der Waals surface area contributed by atoms with Gasteiger partial charge in [0.25, 0.3) is 0 Å². The molecule has 2 nitrogen and oxygen atoms in total. The molecule has 0 bridgehead atoms. The van der Waals surface area contributed by atoms with E-state index in [1.54, 1.807) is 0 Å². The van der Waals surface area contributed by atoms with Crippen molar-refractivity contribution < 1.29 is 9.53 Å². The zero-order chi connectivity index (χ0) is 12.3. The van der Waals surface area contributed by atoms with Gasteiger partial charge in [-0.15, -0.1) is 0 Å². The van der Waals surface area contributed by atoms with Gasteiger partial charge in [-0.1, -0.05) is 28.1 Å². The second-order valence-corrected chi connectivity index (χ2v) is 5.40. The third-order valence-corrected chi connectivity index (χ3v) is 3.47. The smallest absolute Gasteiger partial charge is 0.166 e. The summed E-state index contributed by atoms with van der Waals surface area (Å²) in [7, 11) is 0. The Morgan fingerprint density at radius 2 is 2.29 bits per heavy atom. The molecule has 0 aliphatic heterocycles. The van der Waals surface area contributed by atoms with Crippen molar-refractivity contribution in [3.05, 3.63) is 34.3 Å². The summed E-state index contributed by atoms with van der Waals surface area (Å²) < 4.78 is 6.58. The van der Waals surface area contributed by atoms with Crippen LogP contribution < -0.4 is 0 Å². The van der Waals surface area contributed by atoms with E-state index in [9.17, 15) is 4.79 Å². The quantitative estimate of drug-likeness (QED) is 0.804. The summed E-state index contributed by atoms with van der Waals surface area (Å²) in [6, 6.07) is 7.90. The third-order valence-electron chi connectivity index (χ3n) is 2.98. The van der Waals surface area contributed by atoms with Crippen LogP contribution in [-0.4, -0.2) is 18.5 Å². The maximum Gasteiger partial charge on any atom is 0.166 e. The van der Waals surface area contributed by atoms with Crippen LogP contribution in [0.1, 0.15) is 25.3 Å². The Morgan fingerprint density at radius 1 is 1.53 bits per heavy atom. The Morgan fingerprint density at radius 3 is 2.88 bits per heavy atom. The van der Waals surface area contributed by atoms with E-state index >= 15 is 0 Å². The third kappa shape index (κ3) is 3.65. The molecule has 1 aromatic carbocycles. The topological polar surface area (TPSA) is 26.3 Å². The number of carbonyl (C=O) groups is 1. The minimum atomic E-state index is -0.181. The highest BCUT2D eigenvalue weighted by Gasteiger charge is 2.36. The summed E-state index contributed by atoms with van der Waals surface area (Å²) in [5.41, 5.74) is 1.05. The van der Waals surface area contributed by atoms with Gasteiger partial charge in [0.2, 0.25) is 0 Å². The van der Waals surface area contributed by atoms with Crippen LogP contribution in [0.4, 0.5) is 0 Å². The van der Waals surface area contributed by atoms with Gasteiger partial charge in [-0.3, -0.25) is 4.79 Å². The normalized spacial score (nSPS) is 16.8. The first-order valence-electron chi connectivity index (χ1n) is 6.09. The van der Waals surface area contributed by atoms with Gasteiger partial charge in [-0.05, 0) is 43.4 Å². The largest absolute Gasteiger partial charge is 0.370 e. The van der Waals surface area contributed by atoms with Crippen LogP contribution in [0.5, 0.6) is 0 Å². The number of ether oxygens (including phenoxy) is 1. The lowest BCUT2D eigenvalue weighted by atomic mass is 10.0. The first kappa shape index (κ1) is 12.8. The van der Waals surface area contributed by atoms with Crippen molar-refractivity contribution in [1.82, 2.24) is 0 Å². The predicted octanol–water partition coefficient (Wildman–Crippen LogP) is 3.38. The monoisotopic (exact) mass is 296 g/mol. The molecule has 1 atom stereocenters. The molecular formula is C14H17BrO2. The van der Waals surface area contributed by atoms with E-state index < -0.39 is 0 Å². The lowest BCUT2D eigenvalue weighted by molar-refractivity contribution is -0.130. The van der Waals surface area contributed by atoms with Gasteiger partial charge >= 0.3 is 0 Å². The molecule has 1 aliphatic rings. The van der Waals surface area contributed by atoms with Crippen molar-refractivity contribution in [3.8, 4) is 0 Å². The average Bonchev–Trinajstić information content (AvgIpc) is 3.09. The van der Waals surface area contributed by atoms with Crippen LogP contribution in [0.2, 0.25) is 0 Å². The van der Waals surface area contributed by atoms with Crippen LogP contribution in [0, 0.1) is 5.92 Å². The number of halogens is 1. The van der Waals surface area contributed by atoms with Gasteiger partial charge in [0.15, 0.2) is 5.78 Å². The van der Waals surface area contributed by atoms with Crippen molar-refractivity contribution in [2.75, 3.05) is 6.61 Å². The van der Waals surface area contributed by atoms with Gasteiger partial charge in [0.1, 0.15) is 6.10 Å². The van der Waals surface area contributed by atoms with Crippen molar-refractivity contribution >= 4 is 21.7 Å². The molecule has 0 heterocycles. The highest BCUT2D eigenvalue weighted by atomic mass is 79.9. The molecule has 1 aliphatic carbocycles. The van der Waals surface area contributed by atoms with Gasteiger partial charge in [-0.2, -0.15) is 0 Å². The Labute approximate surface area is 110 Å². The molecule has 0 radical (unpaired) electrons. The summed E-state index contributed by atoms with van der Waals surface area (Å²) in [6.45, 7) is 2.56. The number of hydrogen-bond acceptors (Lipinski definition) is 2. The minimum absolute atomic E-state index is 0.181. The zero-order valence-corrected chi connectivity index (χ0v) is 11.6. The fourth-order valence-electron chi connectivity index (χ4n) is 2.02. The highest BCUT2D eigenvalue weighted by Crippen LogP contribution is 2.35. The Bertz CT molecular complexity index is 399. The van der Waals surface area contributed by atoms with Gasteiger partial charge in [-0.25, -0.2) is 0 Å². The number of carbonyl (C=O) groups excluding carboxylic acids is 1. The molecule has 0 saturated heterocycles. The lowest BCUT2D eigenvalue weighted by Crippen LogP contribution is -2.28. The van der Waals surface area contributed by atoms with Crippen molar-refractivity contribution in [2.24, 2.45) is 5.92 Å². The SMILES string of the molecule is CCOC(C(=O)Cc1cccc(Br)c1)C1CC1. The van der Waals surface area contributed by atoms with Crippen LogP contribution >= 0.6 is 15.9 Å². The highest BCUT2D eigenvalue weighted by molar-refractivity contribution is 9.10. The van der Waals surface area contributed by atoms with E-state index in [2.05, 4.69) is 15.9 Å². The second kappa shape index (κ2) is 5.78. The summed E-state index contributed by atoms with van der Waals surface area (Å²) in [5, 5.41) is 0. The molecule has 0 aromatic heterocycles. The first-order chi connectivity index (χ1) is 8.20. The zero-order valence-electron chi connectivity index (χ0n) is 9.99. The average molecular weight is 297 g/mol. The fourth-order valence-corrected chi connectivity index (χ4v) is 2.47. The van der Waals surface area contributed by atoms with E-state index in [0.717, 1.165) is 22.9 Å². The number of hydrogen-bond donors (Lipinski definition) is 0. The number of rotatable bonds is 6. The summed E-state index contributed by atoms with van der Waals surface area (Å²) >= 11 is 3.42. The Kier molecular flexibility index (Phi) is 4.35. The minimum Gasteiger partial charge on any atom is -0.370 e. The van der Waals surface area contributed by atoms with Gasteiger partial charge in [0, 0.05) is 17.5 Å². The molecule has 1 unspecified atom stereocenters. The van der Waals surface area contributed by atoms with E-state index in [1.165, 1.54) is 0 Å². The van der Waals surface area contributed by atoms with E-state index in [1.807, 2.05) is 31.2 Å². The lowest BCUT2D eigenvalue weighted by Gasteiger charge is -2.15. The van der Waals surface area contributed by atoms with Gasteiger partial charge in [0.05, 0.1) is 0 Å². The van der Waals surface area contributed by atoms with Crippen molar-refractivity contribution in [2.45, 2.75) is 32.3 Å².